The van der Waals surface area contributed by atoms with E-state index < -0.39 is 5.82 Å². The molecule has 1 aromatic carbocycles. The summed E-state index contributed by atoms with van der Waals surface area (Å²) in [6, 6.07) is 2.67. The van der Waals surface area contributed by atoms with Crippen LogP contribution >= 0.6 is 0 Å². The number of hydrogen-bond acceptors (Lipinski definition) is 3. The van der Waals surface area contributed by atoms with Gasteiger partial charge in [0.05, 0.1) is 5.69 Å². The highest BCUT2D eigenvalue weighted by atomic mass is 19.1. The van der Waals surface area contributed by atoms with Gasteiger partial charge in [0.15, 0.2) is 0 Å². The number of allylic oxidation sites excluding steroid dienone is 1. The number of anilines is 1. The molecule has 0 aromatic heterocycles. The lowest BCUT2D eigenvalue weighted by atomic mass is 10.1. The molecule has 5 nitrogen and oxygen atoms in total. The smallest absolute Gasteiger partial charge is 0.254 e. The average Bonchev–Trinajstić information content (AvgIpc) is 2.74. The molecule has 0 saturated carbocycles. The van der Waals surface area contributed by atoms with Crippen LogP contribution in [0, 0.1) is 5.82 Å². The van der Waals surface area contributed by atoms with Gasteiger partial charge in [-0.05, 0) is 37.5 Å². The van der Waals surface area contributed by atoms with Gasteiger partial charge >= 0.3 is 0 Å². The van der Waals surface area contributed by atoms with Gasteiger partial charge in [0.25, 0.3) is 5.91 Å². The minimum absolute atomic E-state index is 0.0422. The molecule has 0 saturated heterocycles. The predicted octanol–water partition coefficient (Wildman–Crippen LogP) is 1.79. The first kappa shape index (κ1) is 15.0. The quantitative estimate of drug-likeness (QED) is 0.620. The van der Waals surface area contributed by atoms with E-state index in [-0.39, 0.29) is 17.6 Å². The maximum absolute atomic E-state index is 13.5. The molecular weight excluding hydrogens is 273 g/mol. The first-order chi connectivity index (χ1) is 9.93. The van der Waals surface area contributed by atoms with E-state index >= 15 is 0 Å². The number of nitrogens with zero attached hydrogens (tertiary/aromatic N) is 1. The van der Waals surface area contributed by atoms with E-state index in [0.717, 1.165) is 5.56 Å². The van der Waals surface area contributed by atoms with Crippen LogP contribution in [0.2, 0.25) is 0 Å². The molecule has 6 heteroatoms. The highest BCUT2D eigenvalue weighted by Crippen LogP contribution is 2.29. The Morgan fingerprint density at radius 3 is 3.00 bits per heavy atom. The summed E-state index contributed by atoms with van der Waals surface area (Å²) in [5.74, 6) is -0.759. The van der Waals surface area contributed by atoms with Gasteiger partial charge in [-0.25, -0.2) is 4.39 Å². The molecule has 1 aliphatic heterocycles. The molecule has 0 aliphatic carbocycles. The van der Waals surface area contributed by atoms with Crippen LogP contribution in [-0.4, -0.2) is 23.3 Å². The van der Waals surface area contributed by atoms with Crippen molar-refractivity contribution >= 4 is 18.0 Å². The number of hydrogen-bond donors (Lipinski definition) is 2. The van der Waals surface area contributed by atoms with Crippen molar-refractivity contribution in [2.75, 3.05) is 5.73 Å². The molecule has 0 bridgehead atoms. The van der Waals surface area contributed by atoms with E-state index in [2.05, 4.69) is 11.9 Å². The minimum Gasteiger partial charge on any atom is -0.396 e. The maximum atomic E-state index is 13.5. The van der Waals surface area contributed by atoms with E-state index in [1.54, 1.807) is 4.90 Å². The lowest BCUT2D eigenvalue weighted by Gasteiger charge is -2.24. The summed E-state index contributed by atoms with van der Waals surface area (Å²) in [7, 11) is 0. The Bertz CT molecular complexity index is 601. The molecule has 0 spiro atoms. The molecular formula is C15H18FN3O2. The highest BCUT2D eigenvalue weighted by molar-refractivity contribution is 5.99. The van der Waals surface area contributed by atoms with E-state index in [0.29, 0.717) is 37.1 Å². The van der Waals surface area contributed by atoms with Crippen LogP contribution in [0.5, 0.6) is 0 Å². The number of halogens is 1. The zero-order valence-electron chi connectivity index (χ0n) is 11.9. The molecule has 1 atom stereocenters. The number of nitrogens with two attached hydrogens (primary N) is 1. The summed E-state index contributed by atoms with van der Waals surface area (Å²) < 4.78 is 13.5. The Morgan fingerprint density at radius 1 is 1.62 bits per heavy atom. The van der Waals surface area contributed by atoms with Crippen molar-refractivity contribution in [1.82, 2.24) is 10.2 Å². The Balaban J connectivity index is 2.05. The van der Waals surface area contributed by atoms with Crippen molar-refractivity contribution in [2.24, 2.45) is 0 Å². The van der Waals surface area contributed by atoms with Crippen LogP contribution in [0.3, 0.4) is 0 Å². The van der Waals surface area contributed by atoms with Gasteiger partial charge < -0.3 is 16.0 Å². The minimum atomic E-state index is -0.569. The predicted molar refractivity (Wildman–Crippen MR) is 77.7 cm³/mol. The molecule has 2 amide bonds. The van der Waals surface area contributed by atoms with Crippen molar-refractivity contribution in [3.63, 3.8) is 0 Å². The van der Waals surface area contributed by atoms with E-state index in [1.807, 2.05) is 6.92 Å². The zero-order chi connectivity index (χ0) is 15.6. The van der Waals surface area contributed by atoms with Gasteiger partial charge in [0.2, 0.25) is 6.41 Å². The average molecular weight is 291 g/mol. The summed E-state index contributed by atoms with van der Waals surface area (Å²) in [6.07, 6.45) is 1.82. The van der Waals surface area contributed by atoms with Crippen molar-refractivity contribution in [3.8, 4) is 0 Å². The topological polar surface area (TPSA) is 75.4 Å². The largest absolute Gasteiger partial charge is 0.396 e. The molecule has 1 aromatic rings. The zero-order valence-corrected chi connectivity index (χ0v) is 11.9. The molecule has 1 heterocycles. The molecule has 0 fully saturated rings. The van der Waals surface area contributed by atoms with Crippen molar-refractivity contribution in [1.29, 1.82) is 0 Å². The Kier molecular flexibility index (Phi) is 4.26. The number of carbonyl (C=O) groups is 2. The standard InChI is InChI=1S/C15H18FN3O2/c1-9(18-8-20)3-4-10(2)19-7-11-5-14(17)13(16)6-12(11)15(19)21/h5-6,8,10H,1,3-4,7,17H2,2H3,(H,18,20). The SMILES string of the molecule is C=C(CCC(C)N1Cc2cc(N)c(F)cc2C1=O)NC=O. The Labute approximate surface area is 122 Å². The second kappa shape index (κ2) is 5.95. The van der Waals surface area contributed by atoms with Gasteiger partial charge in [-0.3, -0.25) is 9.59 Å². The first-order valence-corrected chi connectivity index (χ1v) is 6.71. The molecule has 1 aliphatic rings. The van der Waals surface area contributed by atoms with Gasteiger partial charge in [-0.1, -0.05) is 6.58 Å². The van der Waals surface area contributed by atoms with E-state index in [9.17, 15) is 14.0 Å². The van der Waals surface area contributed by atoms with Gasteiger partial charge in [-0.2, -0.15) is 0 Å². The van der Waals surface area contributed by atoms with Crippen LogP contribution in [0.4, 0.5) is 10.1 Å². The summed E-state index contributed by atoms with van der Waals surface area (Å²) in [5, 5.41) is 2.49. The Morgan fingerprint density at radius 2 is 2.33 bits per heavy atom. The lowest BCUT2D eigenvalue weighted by Crippen LogP contribution is -2.33. The van der Waals surface area contributed by atoms with Gasteiger partial charge in [0, 0.05) is 23.8 Å². The van der Waals surface area contributed by atoms with Crippen LogP contribution in [0.15, 0.2) is 24.4 Å². The number of carbonyl (C=O) groups excluding carboxylic acids is 2. The third kappa shape index (κ3) is 3.04. The van der Waals surface area contributed by atoms with Crippen molar-refractivity contribution in [3.05, 3.63) is 41.4 Å². The van der Waals surface area contributed by atoms with E-state index in [4.69, 9.17) is 5.73 Å². The van der Waals surface area contributed by atoms with Gasteiger partial charge in [0.1, 0.15) is 5.82 Å². The summed E-state index contributed by atoms with van der Waals surface area (Å²) in [5.41, 5.74) is 7.32. The molecule has 0 radical (unpaired) electrons. The fourth-order valence-corrected chi connectivity index (χ4v) is 2.43. The third-order valence-electron chi connectivity index (χ3n) is 3.71. The fraction of sp³-hybridized carbons (Fsp3) is 0.333. The highest BCUT2D eigenvalue weighted by Gasteiger charge is 2.31. The number of fused-ring (bicyclic) bond motifs is 1. The first-order valence-electron chi connectivity index (χ1n) is 6.71. The third-order valence-corrected chi connectivity index (χ3v) is 3.71. The molecule has 1 unspecified atom stereocenters. The summed E-state index contributed by atoms with van der Waals surface area (Å²) in [4.78, 5) is 24.3. The van der Waals surface area contributed by atoms with Crippen LogP contribution in [0.25, 0.3) is 0 Å². The number of nitrogen functional groups attached to an aromatic ring is 1. The lowest BCUT2D eigenvalue weighted by molar-refractivity contribution is -0.109. The monoisotopic (exact) mass is 291 g/mol. The second-order valence-corrected chi connectivity index (χ2v) is 5.22. The second-order valence-electron chi connectivity index (χ2n) is 5.22. The van der Waals surface area contributed by atoms with Crippen LogP contribution < -0.4 is 11.1 Å². The Hall–Kier alpha value is -2.37. The summed E-state index contributed by atoms with van der Waals surface area (Å²) >= 11 is 0. The molecule has 3 N–H and O–H groups in total. The van der Waals surface area contributed by atoms with Crippen molar-refractivity contribution in [2.45, 2.75) is 32.4 Å². The normalized spacial score (nSPS) is 14.8. The fourth-order valence-electron chi connectivity index (χ4n) is 2.43. The van der Waals surface area contributed by atoms with Gasteiger partial charge in [-0.15, -0.1) is 0 Å². The van der Waals surface area contributed by atoms with Crippen LogP contribution in [-0.2, 0) is 11.3 Å². The molecule has 21 heavy (non-hydrogen) atoms. The van der Waals surface area contributed by atoms with E-state index in [1.165, 1.54) is 12.1 Å². The molecule has 112 valence electrons. The van der Waals surface area contributed by atoms with Crippen LogP contribution in [0.1, 0.15) is 35.7 Å². The summed E-state index contributed by atoms with van der Waals surface area (Å²) in [6.45, 7) is 6.05. The number of nitrogens with one attached hydrogen (secondary N) is 1. The number of amides is 2. The number of benzene rings is 1. The van der Waals surface area contributed by atoms with Crippen molar-refractivity contribution < 1.29 is 14.0 Å². The molecule has 2 rings (SSSR count). The number of rotatable bonds is 6. The maximum Gasteiger partial charge on any atom is 0.254 e.